The minimum Gasteiger partial charge on any atom is -0.202 e. The van der Waals surface area contributed by atoms with Gasteiger partial charge in [-0.15, -0.1) is 11.8 Å². The van der Waals surface area contributed by atoms with Crippen LogP contribution in [0.2, 0.25) is 5.02 Å². The Bertz CT molecular complexity index is 289. The van der Waals surface area contributed by atoms with Crippen LogP contribution in [0, 0.1) is 11.6 Å². The summed E-state index contributed by atoms with van der Waals surface area (Å²) in [5, 5.41) is -0.173. The summed E-state index contributed by atoms with van der Waals surface area (Å²) in [6.45, 7) is 1.87. The van der Waals surface area contributed by atoms with Crippen LogP contribution < -0.4 is 0 Å². The molecule has 0 aromatic heterocycles. The number of hydrogen-bond donors (Lipinski definition) is 0. The smallest absolute Gasteiger partial charge is 0.178 e. The molecule has 0 aliphatic rings. The molecule has 0 unspecified atom stereocenters. The summed E-state index contributed by atoms with van der Waals surface area (Å²) >= 11 is 6.61. The summed E-state index contributed by atoms with van der Waals surface area (Å²) < 4.78 is 25.8. The predicted octanol–water partition coefficient (Wildman–Crippen LogP) is 3.73. The summed E-state index contributed by atoms with van der Waals surface area (Å²) in [5.74, 6) is -1.11. The first-order chi connectivity index (χ1) is 5.66. The van der Waals surface area contributed by atoms with Crippen LogP contribution in [-0.4, -0.2) is 5.75 Å². The van der Waals surface area contributed by atoms with E-state index in [2.05, 4.69) is 0 Å². The second-order valence-corrected chi connectivity index (χ2v) is 3.82. The van der Waals surface area contributed by atoms with Gasteiger partial charge in [0.1, 0.15) is 0 Å². The molecule has 0 aliphatic heterocycles. The molecular formula is C8H7ClF2S. The Hall–Kier alpha value is -0.280. The summed E-state index contributed by atoms with van der Waals surface area (Å²) in [4.78, 5) is 0.305. The molecule has 66 valence electrons. The first-order valence-electron chi connectivity index (χ1n) is 3.43. The molecule has 1 aromatic carbocycles. The Morgan fingerprint density at radius 1 is 1.33 bits per heavy atom. The summed E-state index contributed by atoms with van der Waals surface area (Å²) in [5.41, 5.74) is 0. The Labute approximate surface area is 78.9 Å². The van der Waals surface area contributed by atoms with Crippen molar-refractivity contribution in [2.45, 2.75) is 11.8 Å². The van der Waals surface area contributed by atoms with E-state index in [1.165, 1.54) is 23.9 Å². The van der Waals surface area contributed by atoms with Gasteiger partial charge in [-0.1, -0.05) is 18.5 Å². The molecule has 0 bridgehead atoms. The van der Waals surface area contributed by atoms with E-state index in [0.717, 1.165) is 0 Å². The minimum atomic E-state index is -0.963. The average Bonchev–Trinajstić information content (AvgIpc) is 2.07. The fourth-order valence-electron chi connectivity index (χ4n) is 0.775. The van der Waals surface area contributed by atoms with E-state index < -0.39 is 11.6 Å². The molecule has 0 aliphatic carbocycles. The van der Waals surface area contributed by atoms with E-state index in [4.69, 9.17) is 11.6 Å². The van der Waals surface area contributed by atoms with E-state index in [-0.39, 0.29) is 5.02 Å². The van der Waals surface area contributed by atoms with Crippen LogP contribution in [0.25, 0.3) is 0 Å². The van der Waals surface area contributed by atoms with Crippen LogP contribution in [-0.2, 0) is 0 Å². The number of halogens is 3. The monoisotopic (exact) mass is 208 g/mol. The molecule has 0 saturated carbocycles. The van der Waals surface area contributed by atoms with E-state index in [1.54, 1.807) is 0 Å². The topological polar surface area (TPSA) is 0 Å². The fraction of sp³-hybridized carbons (Fsp3) is 0.250. The number of thioether (sulfide) groups is 1. The maximum absolute atomic E-state index is 13.0. The molecule has 0 radical (unpaired) electrons. The fourth-order valence-corrected chi connectivity index (χ4v) is 1.61. The van der Waals surface area contributed by atoms with Crippen LogP contribution in [0.4, 0.5) is 8.78 Å². The van der Waals surface area contributed by atoms with Crippen molar-refractivity contribution in [3.8, 4) is 0 Å². The SMILES string of the molecule is CCSc1ccc(Cl)c(F)c1F. The number of hydrogen-bond acceptors (Lipinski definition) is 1. The summed E-state index contributed by atoms with van der Waals surface area (Å²) in [7, 11) is 0. The zero-order valence-electron chi connectivity index (χ0n) is 6.40. The maximum atomic E-state index is 13.0. The Balaban J connectivity index is 3.08. The van der Waals surface area contributed by atoms with Crippen LogP contribution in [0.5, 0.6) is 0 Å². The highest BCUT2D eigenvalue weighted by Crippen LogP contribution is 2.27. The first kappa shape index (κ1) is 9.81. The molecule has 1 aromatic rings. The van der Waals surface area contributed by atoms with Gasteiger partial charge in [0.2, 0.25) is 0 Å². The number of rotatable bonds is 2. The van der Waals surface area contributed by atoms with Crippen LogP contribution in [0.1, 0.15) is 6.92 Å². The third-order valence-corrected chi connectivity index (χ3v) is 2.51. The van der Waals surface area contributed by atoms with Crippen molar-refractivity contribution in [3.05, 3.63) is 28.8 Å². The Kier molecular flexibility index (Phi) is 3.35. The summed E-state index contributed by atoms with van der Waals surface area (Å²) in [6, 6.07) is 2.84. The van der Waals surface area contributed by atoms with Crippen molar-refractivity contribution in [1.82, 2.24) is 0 Å². The van der Waals surface area contributed by atoms with Crippen LogP contribution in [0.3, 0.4) is 0 Å². The Morgan fingerprint density at radius 3 is 2.58 bits per heavy atom. The lowest BCUT2D eigenvalue weighted by atomic mass is 10.3. The van der Waals surface area contributed by atoms with Gasteiger partial charge in [-0.05, 0) is 17.9 Å². The predicted molar refractivity (Wildman–Crippen MR) is 47.8 cm³/mol. The third kappa shape index (κ3) is 1.90. The molecule has 0 heterocycles. The van der Waals surface area contributed by atoms with E-state index in [1.807, 2.05) is 6.92 Å². The lowest BCUT2D eigenvalue weighted by Crippen LogP contribution is -1.88. The molecule has 0 atom stereocenters. The van der Waals surface area contributed by atoms with Gasteiger partial charge >= 0.3 is 0 Å². The van der Waals surface area contributed by atoms with Gasteiger partial charge in [-0.3, -0.25) is 0 Å². The average molecular weight is 209 g/mol. The van der Waals surface area contributed by atoms with E-state index in [0.29, 0.717) is 10.6 Å². The molecule has 0 spiro atoms. The quantitative estimate of drug-likeness (QED) is 0.527. The largest absolute Gasteiger partial charge is 0.202 e. The van der Waals surface area contributed by atoms with Crippen LogP contribution >= 0.6 is 23.4 Å². The van der Waals surface area contributed by atoms with Gasteiger partial charge in [0.25, 0.3) is 0 Å². The molecule has 4 heteroatoms. The lowest BCUT2D eigenvalue weighted by molar-refractivity contribution is 0.492. The lowest BCUT2D eigenvalue weighted by Gasteiger charge is -2.02. The highest BCUT2D eigenvalue weighted by atomic mass is 35.5. The van der Waals surface area contributed by atoms with Crippen LogP contribution in [0.15, 0.2) is 17.0 Å². The van der Waals surface area contributed by atoms with Crippen molar-refractivity contribution in [2.75, 3.05) is 5.75 Å². The van der Waals surface area contributed by atoms with Crippen molar-refractivity contribution in [3.63, 3.8) is 0 Å². The second-order valence-electron chi connectivity index (χ2n) is 2.11. The van der Waals surface area contributed by atoms with Gasteiger partial charge in [-0.25, -0.2) is 8.78 Å². The van der Waals surface area contributed by atoms with Gasteiger partial charge in [0.15, 0.2) is 11.6 Å². The maximum Gasteiger partial charge on any atom is 0.178 e. The van der Waals surface area contributed by atoms with Gasteiger partial charge in [0, 0.05) is 4.90 Å². The highest BCUT2D eigenvalue weighted by Gasteiger charge is 2.11. The number of benzene rings is 1. The second kappa shape index (κ2) is 4.10. The third-order valence-electron chi connectivity index (χ3n) is 1.30. The normalized spacial score (nSPS) is 10.3. The highest BCUT2D eigenvalue weighted by molar-refractivity contribution is 7.99. The molecule has 0 saturated heterocycles. The van der Waals surface area contributed by atoms with Gasteiger partial charge < -0.3 is 0 Å². The molecule has 12 heavy (non-hydrogen) atoms. The van der Waals surface area contributed by atoms with Crippen molar-refractivity contribution >= 4 is 23.4 Å². The van der Waals surface area contributed by atoms with Crippen molar-refractivity contribution < 1.29 is 8.78 Å². The van der Waals surface area contributed by atoms with E-state index >= 15 is 0 Å². The standard InChI is InChI=1S/C8H7ClF2S/c1-2-12-6-4-3-5(9)7(10)8(6)11/h3-4H,2H2,1H3. The van der Waals surface area contributed by atoms with Gasteiger partial charge in [-0.2, -0.15) is 0 Å². The van der Waals surface area contributed by atoms with Crippen molar-refractivity contribution in [2.24, 2.45) is 0 Å². The van der Waals surface area contributed by atoms with E-state index in [9.17, 15) is 8.78 Å². The molecular weight excluding hydrogens is 202 g/mol. The molecule has 0 amide bonds. The van der Waals surface area contributed by atoms with Crippen molar-refractivity contribution in [1.29, 1.82) is 0 Å². The Morgan fingerprint density at radius 2 is 2.00 bits per heavy atom. The molecule has 0 nitrogen and oxygen atoms in total. The zero-order valence-corrected chi connectivity index (χ0v) is 7.98. The molecule has 1 rings (SSSR count). The van der Waals surface area contributed by atoms with Gasteiger partial charge in [0.05, 0.1) is 5.02 Å². The minimum absolute atomic E-state index is 0.173. The molecule has 0 N–H and O–H groups in total. The summed E-state index contributed by atoms with van der Waals surface area (Å²) in [6.07, 6.45) is 0. The first-order valence-corrected chi connectivity index (χ1v) is 4.79. The zero-order chi connectivity index (χ0) is 9.14. The molecule has 0 fully saturated rings.